The summed E-state index contributed by atoms with van der Waals surface area (Å²) >= 11 is 0. The molecule has 1 amide bonds. The molecule has 6 nitrogen and oxygen atoms in total. The van der Waals surface area contributed by atoms with Gasteiger partial charge in [0.1, 0.15) is 11.4 Å². The number of benzene rings is 1. The zero-order valence-corrected chi connectivity index (χ0v) is 10.3. The third-order valence-electron chi connectivity index (χ3n) is 2.98. The van der Waals surface area contributed by atoms with E-state index in [0.717, 1.165) is 18.2 Å². The molecule has 102 valence electrons. The lowest BCUT2D eigenvalue weighted by Crippen LogP contribution is -2.48. The van der Waals surface area contributed by atoms with Gasteiger partial charge in [-0.25, -0.2) is 4.39 Å². The number of carbonyl (C=O) groups is 1. The number of nitrogens with zero attached hydrogens (tertiary/aromatic N) is 1. The number of rotatable bonds is 4. The van der Waals surface area contributed by atoms with E-state index in [1.807, 2.05) is 6.92 Å². The molecule has 0 unspecified atom stereocenters. The summed E-state index contributed by atoms with van der Waals surface area (Å²) in [6.07, 6.45) is 0. The van der Waals surface area contributed by atoms with Crippen LogP contribution in [-0.4, -0.2) is 30.6 Å². The number of nitro groups is 1. The Bertz CT molecular complexity index is 528. The largest absolute Gasteiger partial charge is 0.380 e. The SMILES string of the molecule is CC1(CNC(=O)c2cc(F)ccc2[N+](=O)[O-])COC1. The molecule has 19 heavy (non-hydrogen) atoms. The van der Waals surface area contributed by atoms with E-state index in [1.165, 1.54) is 0 Å². The van der Waals surface area contributed by atoms with Gasteiger partial charge in [0.05, 0.1) is 18.1 Å². The van der Waals surface area contributed by atoms with E-state index in [-0.39, 0.29) is 11.0 Å². The van der Waals surface area contributed by atoms with Crippen molar-refractivity contribution < 1.29 is 18.8 Å². The van der Waals surface area contributed by atoms with Crippen molar-refractivity contribution >= 4 is 11.6 Å². The molecule has 0 saturated carbocycles. The van der Waals surface area contributed by atoms with Crippen LogP contribution in [0.15, 0.2) is 18.2 Å². The summed E-state index contributed by atoms with van der Waals surface area (Å²) in [4.78, 5) is 22.0. The van der Waals surface area contributed by atoms with Gasteiger partial charge in [-0.2, -0.15) is 0 Å². The Morgan fingerprint density at radius 3 is 2.79 bits per heavy atom. The number of nitro benzene ring substituents is 1. The average Bonchev–Trinajstić information content (AvgIpc) is 2.33. The van der Waals surface area contributed by atoms with Crippen LogP contribution in [0.4, 0.5) is 10.1 Å². The van der Waals surface area contributed by atoms with Crippen LogP contribution < -0.4 is 5.32 Å². The molecule has 0 aliphatic carbocycles. The van der Waals surface area contributed by atoms with Gasteiger partial charge >= 0.3 is 0 Å². The minimum atomic E-state index is -0.706. The highest BCUT2D eigenvalue weighted by molar-refractivity contribution is 5.98. The highest BCUT2D eigenvalue weighted by Gasteiger charge is 2.34. The predicted octanol–water partition coefficient (Wildman–Crippen LogP) is 1.50. The van der Waals surface area contributed by atoms with E-state index in [1.54, 1.807) is 0 Å². The van der Waals surface area contributed by atoms with Gasteiger partial charge in [-0.15, -0.1) is 0 Å². The maximum Gasteiger partial charge on any atom is 0.282 e. The first kappa shape index (κ1) is 13.4. The molecule has 1 aliphatic rings. The molecular weight excluding hydrogens is 255 g/mol. The van der Waals surface area contributed by atoms with Crippen molar-refractivity contribution in [2.75, 3.05) is 19.8 Å². The van der Waals surface area contributed by atoms with Gasteiger partial charge in [0, 0.05) is 18.0 Å². The smallest absolute Gasteiger partial charge is 0.282 e. The zero-order chi connectivity index (χ0) is 14.0. The first-order chi connectivity index (χ1) is 8.91. The number of nitrogens with one attached hydrogen (secondary N) is 1. The number of hydrogen-bond donors (Lipinski definition) is 1. The molecule has 1 heterocycles. The van der Waals surface area contributed by atoms with Gasteiger partial charge in [-0.3, -0.25) is 14.9 Å². The van der Waals surface area contributed by atoms with Crippen molar-refractivity contribution in [3.8, 4) is 0 Å². The monoisotopic (exact) mass is 268 g/mol. The van der Waals surface area contributed by atoms with Gasteiger partial charge in [-0.1, -0.05) is 6.92 Å². The van der Waals surface area contributed by atoms with Crippen LogP contribution in [-0.2, 0) is 4.74 Å². The molecule has 0 atom stereocenters. The molecule has 2 rings (SSSR count). The molecule has 1 fully saturated rings. The fourth-order valence-electron chi connectivity index (χ4n) is 1.79. The normalized spacial score (nSPS) is 16.5. The van der Waals surface area contributed by atoms with Crippen LogP contribution in [0.1, 0.15) is 17.3 Å². The summed E-state index contributed by atoms with van der Waals surface area (Å²) in [5, 5.41) is 13.4. The van der Waals surface area contributed by atoms with Crippen LogP contribution in [0.2, 0.25) is 0 Å². The van der Waals surface area contributed by atoms with Crippen LogP contribution in [0.3, 0.4) is 0 Å². The summed E-state index contributed by atoms with van der Waals surface area (Å²) in [5.41, 5.74) is -0.833. The Balaban J connectivity index is 2.13. The minimum Gasteiger partial charge on any atom is -0.380 e. The van der Waals surface area contributed by atoms with Crippen molar-refractivity contribution in [3.63, 3.8) is 0 Å². The molecule has 0 spiro atoms. The lowest BCUT2D eigenvalue weighted by Gasteiger charge is -2.37. The number of halogens is 1. The Morgan fingerprint density at radius 2 is 2.26 bits per heavy atom. The molecule has 0 bridgehead atoms. The fraction of sp³-hybridized carbons (Fsp3) is 0.417. The fourth-order valence-corrected chi connectivity index (χ4v) is 1.79. The van der Waals surface area contributed by atoms with Crippen molar-refractivity contribution in [1.82, 2.24) is 5.32 Å². The second-order valence-electron chi connectivity index (χ2n) is 4.90. The molecule has 0 aromatic heterocycles. The van der Waals surface area contributed by atoms with Gasteiger partial charge in [0.2, 0.25) is 0 Å². The summed E-state index contributed by atoms with van der Waals surface area (Å²) in [6, 6.07) is 2.81. The Kier molecular flexibility index (Phi) is 3.48. The highest BCUT2D eigenvalue weighted by atomic mass is 19.1. The summed E-state index contributed by atoms with van der Waals surface area (Å²) in [6.45, 7) is 3.31. The van der Waals surface area contributed by atoms with Gasteiger partial charge in [0.15, 0.2) is 0 Å². The standard InChI is InChI=1S/C12H13FN2O4/c1-12(6-19-7-12)5-14-11(16)9-4-8(13)2-3-10(9)15(17)18/h2-4H,5-7H2,1H3,(H,14,16). The first-order valence-electron chi connectivity index (χ1n) is 5.71. The topological polar surface area (TPSA) is 81.5 Å². The Hall–Kier alpha value is -2.02. The minimum absolute atomic E-state index is 0.155. The van der Waals surface area contributed by atoms with Crippen molar-refractivity contribution in [1.29, 1.82) is 0 Å². The summed E-state index contributed by atoms with van der Waals surface area (Å²) in [7, 11) is 0. The van der Waals surface area contributed by atoms with Crippen molar-refractivity contribution in [3.05, 3.63) is 39.7 Å². The van der Waals surface area contributed by atoms with E-state index >= 15 is 0 Å². The molecule has 0 radical (unpaired) electrons. The number of carbonyl (C=O) groups excluding carboxylic acids is 1. The third kappa shape index (κ3) is 2.87. The molecule has 1 aliphatic heterocycles. The van der Waals surface area contributed by atoms with Gasteiger partial charge in [0.25, 0.3) is 11.6 Å². The average molecular weight is 268 g/mol. The highest BCUT2D eigenvalue weighted by Crippen LogP contribution is 2.26. The maximum absolute atomic E-state index is 13.1. The van der Waals surface area contributed by atoms with E-state index in [9.17, 15) is 19.3 Å². The summed E-state index contributed by atoms with van der Waals surface area (Å²) < 4.78 is 18.1. The molecule has 7 heteroatoms. The molecule has 1 saturated heterocycles. The van der Waals surface area contributed by atoms with E-state index in [4.69, 9.17) is 4.74 Å². The van der Waals surface area contributed by atoms with Crippen LogP contribution in [0.5, 0.6) is 0 Å². The lowest BCUT2D eigenvalue weighted by molar-refractivity contribution is -0.385. The molecule has 1 aromatic carbocycles. The Morgan fingerprint density at radius 1 is 1.58 bits per heavy atom. The second kappa shape index (κ2) is 4.93. The number of amides is 1. The second-order valence-corrected chi connectivity index (χ2v) is 4.90. The lowest BCUT2D eigenvalue weighted by atomic mass is 9.88. The van der Waals surface area contributed by atoms with Gasteiger partial charge in [-0.05, 0) is 12.1 Å². The quantitative estimate of drug-likeness (QED) is 0.662. The van der Waals surface area contributed by atoms with Crippen LogP contribution >= 0.6 is 0 Å². The van der Waals surface area contributed by atoms with E-state index in [2.05, 4.69) is 5.32 Å². The van der Waals surface area contributed by atoms with Crippen LogP contribution in [0.25, 0.3) is 0 Å². The van der Waals surface area contributed by atoms with Gasteiger partial charge < -0.3 is 10.1 Å². The summed E-state index contributed by atoms with van der Waals surface area (Å²) in [5.74, 6) is -1.34. The molecular formula is C12H13FN2O4. The molecule has 1 aromatic rings. The third-order valence-corrected chi connectivity index (χ3v) is 2.98. The number of hydrogen-bond acceptors (Lipinski definition) is 4. The maximum atomic E-state index is 13.1. The zero-order valence-electron chi connectivity index (χ0n) is 10.3. The first-order valence-corrected chi connectivity index (χ1v) is 5.71. The number of ether oxygens (including phenoxy) is 1. The Labute approximate surface area is 108 Å². The van der Waals surface area contributed by atoms with Crippen molar-refractivity contribution in [2.24, 2.45) is 5.41 Å². The molecule has 1 N–H and O–H groups in total. The van der Waals surface area contributed by atoms with Crippen molar-refractivity contribution in [2.45, 2.75) is 6.92 Å². The van der Waals surface area contributed by atoms with E-state index in [0.29, 0.717) is 19.8 Å². The van der Waals surface area contributed by atoms with E-state index < -0.39 is 22.3 Å². The predicted molar refractivity (Wildman–Crippen MR) is 64.3 cm³/mol. The van der Waals surface area contributed by atoms with Crippen LogP contribution in [0, 0.1) is 21.3 Å².